The van der Waals surface area contributed by atoms with Crippen LogP contribution in [0.4, 0.5) is 0 Å². The van der Waals surface area contributed by atoms with Crippen molar-refractivity contribution in [3.63, 3.8) is 0 Å². The molecule has 0 unspecified atom stereocenters. The van der Waals surface area contributed by atoms with E-state index in [-0.39, 0.29) is 12.5 Å². The van der Waals surface area contributed by atoms with E-state index in [4.69, 9.17) is 0 Å². The molecule has 0 radical (unpaired) electrons. The van der Waals surface area contributed by atoms with E-state index in [0.29, 0.717) is 5.54 Å². The quantitative estimate of drug-likeness (QED) is 0.830. The minimum absolute atomic E-state index is 0.0924. The van der Waals surface area contributed by atoms with Crippen LogP contribution in [0.2, 0.25) is 0 Å². The first-order chi connectivity index (χ1) is 8.15. The molecule has 0 aromatic rings. The van der Waals surface area contributed by atoms with Crippen LogP contribution in [0, 0.1) is 0 Å². The van der Waals surface area contributed by atoms with Gasteiger partial charge in [-0.15, -0.1) is 0 Å². The average molecular weight is 255 g/mol. The van der Waals surface area contributed by atoms with Crippen molar-refractivity contribution >= 4 is 22.8 Å². The minimum atomic E-state index is 0.0924. The van der Waals surface area contributed by atoms with Gasteiger partial charge in [0, 0.05) is 24.9 Å². The van der Waals surface area contributed by atoms with Crippen molar-refractivity contribution in [2.75, 3.05) is 25.9 Å². The Bertz CT molecular complexity index is 324. The van der Waals surface area contributed by atoms with Crippen LogP contribution < -0.4 is 5.32 Å². The van der Waals surface area contributed by atoms with Crippen molar-refractivity contribution < 1.29 is 4.79 Å². The lowest BCUT2D eigenvalue weighted by molar-refractivity contribution is -0.128. The largest absolute Gasteiger partial charge is 0.359 e. The molecule has 1 heterocycles. The summed E-state index contributed by atoms with van der Waals surface area (Å²) in [5, 5.41) is 4.48. The molecule has 0 bridgehead atoms. The summed E-state index contributed by atoms with van der Waals surface area (Å²) in [6, 6.07) is 0. The first kappa shape index (κ1) is 12.7. The number of aliphatic imine (C=N–C) groups is 1. The SMILES string of the molecule is CCN(C)C(=O)CN=C1NC2(CCCC2)CS1. The molecule has 2 rings (SSSR count). The summed E-state index contributed by atoms with van der Waals surface area (Å²) < 4.78 is 0. The van der Waals surface area contributed by atoms with Crippen molar-refractivity contribution in [2.45, 2.75) is 38.1 Å². The highest BCUT2D eigenvalue weighted by Crippen LogP contribution is 2.37. The van der Waals surface area contributed by atoms with Crippen LogP contribution in [0.25, 0.3) is 0 Å². The number of thioether (sulfide) groups is 1. The Hall–Kier alpha value is -0.710. The molecule has 1 N–H and O–H groups in total. The van der Waals surface area contributed by atoms with Gasteiger partial charge < -0.3 is 10.2 Å². The molecular formula is C12H21N3OS. The van der Waals surface area contributed by atoms with E-state index in [1.54, 1.807) is 16.7 Å². The number of nitrogens with zero attached hydrogens (tertiary/aromatic N) is 2. The summed E-state index contributed by atoms with van der Waals surface area (Å²) in [6.45, 7) is 2.99. The Morgan fingerprint density at radius 1 is 1.53 bits per heavy atom. The number of carbonyl (C=O) groups excluding carboxylic acids is 1. The lowest BCUT2D eigenvalue weighted by Gasteiger charge is -2.21. The Labute approximate surface area is 107 Å². The third-order valence-corrected chi connectivity index (χ3v) is 4.88. The zero-order valence-corrected chi connectivity index (χ0v) is 11.5. The smallest absolute Gasteiger partial charge is 0.244 e. The molecule has 1 amide bonds. The van der Waals surface area contributed by atoms with Gasteiger partial charge in [-0.3, -0.25) is 9.79 Å². The van der Waals surface area contributed by atoms with Gasteiger partial charge in [0.05, 0.1) is 0 Å². The fraction of sp³-hybridized carbons (Fsp3) is 0.833. The second-order valence-corrected chi connectivity index (χ2v) is 5.89. The van der Waals surface area contributed by atoms with E-state index < -0.39 is 0 Å². The highest BCUT2D eigenvalue weighted by Gasteiger charge is 2.39. The molecule has 0 aromatic carbocycles. The van der Waals surface area contributed by atoms with Crippen LogP contribution in [0.1, 0.15) is 32.6 Å². The Morgan fingerprint density at radius 3 is 2.88 bits per heavy atom. The van der Waals surface area contributed by atoms with Gasteiger partial charge in [-0.2, -0.15) is 0 Å². The number of hydrogen-bond acceptors (Lipinski definition) is 3. The monoisotopic (exact) mass is 255 g/mol. The van der Waals surface area contributed by atoms with Crippen LogP contribution >= 0.6 is 11.8 Å². The summed E-state index contributed by atoms with van der Waals surface area (Å²) in [6.07, 6.45) is 5.14. The Morgan fingerprint density at radius 2 is 2.24 bits per heavy atom. The molecule has 1 aliphatic heterocycles. The van der Waals surface area contributed by atoms with Gasteiger partial charge in [0.2, 0.25) is 5.91 Å². The molecule has 0 aromatic heterocycles. The molecule has 17 heavy (non-hydrogen) atoms. The fourth-order valence-corrected chi connectivity index (χ4v) is 3.57. The van der Waals surface area contributed by atoms with Crippen LogP contribution in [0.5, 0.6) is 0 Å². The molecule has 1 spiro atoms. The standard InChI is InChI=1S/C12H21N3OS/c1-3-15(2)10(16)8-13-11-14-12(9-17-11)6-4-5-7-12/h3-9H2,1-2H3,(H,13,14). The molecule has 1 saturated carbocycles. The van der Waals surface area contributed by atoms with Gasteiger partial charge in [-0.1, -0.05) is 24.6 Å². The van der Waals surface area contributed by atoms with Gasteiger partial charge in [0.15, 0.2) is 5.17 Å². The van der Waals surface area contributed by atoms with Gasteiger partial charge in [-0.25, -0.2) is 0 Å². The van der Waals surface area contributed by atoms with Crippen LogP contribution in [0.3, 0.4) is 0 Å². The van der Waals surface area contributed by atoms with Crippen LogP contribution in [-0.2, 0) is 4.79 Å². The third-order valence-electron chi connectivity index (χ3n) is 3.68. The highest BCUT2D eigenvalue weighted by molar-refractivity contribution is 8.14. The summed E-state index contributed by atoms with van der Waals surface area (Å²) in [5.74, 6) is 1.21. The predicted molar refractivity (Wildman–Crippen MR) is 72.4 cm³/mol. The maximum absolute atomic E-state index is 11.6. The van der Waals surface area contributed by atoms with Crippen LogP contribution in [0.15, 0.2) is 4.99 Å². The van der Waals surface area contributed by atoms with E-state index in [1.165, 1.54) is 25.7 Å². The van der Waals surface area contributed by atoms with E-state index in [1.807, 2.05) is 14.0 Å². The molecule has 1 saturated heterocycles. The second-order valence-electron chi connectivity index (χ2n) is 4.93. The van der Waals surface area contributed by atoms with Gasteiger partial charge >= 0.3 is 0 Å². The zero-order valence-electron chi connectivity index (χ0n) is 10.7. The lowest BCUT2D eigenvalue weighted by Crippen LogP contribution is -2.41. The van der Waals surface area contributed by atoms with E-state index in [2.05, 4.69) is 10.3 Å². The van der Waals surface area contributed by atoms with Crippen molar-refractivity contribution in [1.29, 1.82) is 0 Å². The molecule has 1 aliphatic carbocycles. The third kappa shape index (κ3) is 2.94. The number of amides is 1. The fourth-order valence-electron chi connectivity index (χ4n) is 2.35. The molecule has 4 nitrogen and oxygen atoms in total. The number of amidine groups is 1. The zero-order chi connectivity index (χ0) is 12.3. The minimum Gasteiger partial charge on any atom is -0.359 e. The summed E-state index contributed by atoms with van der Waals surface area (Å²) >= 11 is 1.77. The molecular weight excluding hydrogens is 234 g/mol. The van der Waals surface area contributed by atoms with Crippen molar-refractivity contribution in [3.8, 4) is 0 Å². The summed E-state index contributed by atoms with van der Waals surface area (Å²) in [5.41, 5.74) is 0.295. The van der Waals surface area contributed by atoms with Gasteiger partial charge in [0.1, 0.15) is 6.54 Å². The maximum atomic E-state index is 11.6. The topological polar surface area (TPSA) is 44.7 Å². The summed E-state index contributed by atoms with van der Waals surface area (Å²) in [4.78, 5) is 17.7. The first-order valence-corrected chi connectivity index (χ1v) is 7.33. The molecule has 0 atom stereocenters. The predicted octanol–water partition coefficient (Wildman–Crippen LogP) is 1.47. The maximum Gasteiger partial charge on any atom is 0.244 e. The first-order valence-electron chi connectivity index (χ1n) is 6.35. The van der Waals surface area contributed by atoms with E-state index in [9.17, 15) is 4.79 Å². The van der Waals surface area contributed by atoms with E-state index in [0.717, 1.165) is 17.5 Å². The molecule has 5 heteroatoms. The highest BCUT2D eigenvalue weighted by atomic mass is 32.2. The second kappa shape index (κ2) is 5.29. The van der Waals surface area contributed by atoms with Crippen molar-refractivity contribution in [2.24, 2.45) is 4.99 Å². The number of hydrogen-bond donors (Lipinski definition) is 1. The number of carbonyl (C=O) groups is 1. The lowest BCUT2D eigenvalue weighted by atomic mass is 10.0. The molecule has 2 fully saturated rings. The van der Waals surface area contributed by atoms with E-state index >= 15 is 0 Å². The molecule has 2 aliphatic rings. The Kier molecular flexibility index (Phi) is 3.97. The van der Waals surface area contributed by atoms with Crippen molar-refractivity contribution in [3.05, 3.63) is 0 Å². The van der Waals surface area contributed by atoms with Crippen LogP contribution in [-0.4, -0.2) is 47.4 Å². The van der Waals surface area contributed by atoms with Crippen molar-refractivity contribution in [1.82, 2.24) is 10.2 Å². The number of rotatable bonds is 3. The molecule has 96 valence electrons. The average Bonchev–Trinajstić information content (AvgIpc) is 2.96. The Balaban J connectivity index is 1.86. The summed E-state index contributed by atoms with van der Waals surface area (Å²) in [7, 11) is 1.82. The number of likely N-dealkylation sites (N-methyl/N-ethyl adjacent to an activating group) is 1. The van der Waals surface area contributed by atoms with Gasteiger partial charge in [-0.05, 0) is 19.8 Å². The normalized spacial score (nSPS) is 24.2. The van der Waals surface area contributed by atoms with Gasteiger partial charge in [0.25, 0.3) is 0 Å². The number of nitrogens with one attached hydrogen (secondary N) is 1.